The molecule has 0 aromatic heterocycles. The molecule has 0 radical (unpaired) electrons. The predicted molar refractivity (Wildman–Crippen MR) is 30.2 cm³/mol. The van der Waals surface area contributed by atoms with Gasteiger partial charge < -0.3 is 22.3 Å². The SMILES string of the molecule is CC[N-]CC.[Br-].[Mg+2]. The zero-order valence-electron chi connectivity index (χ0n) is 4.95. The van der Waals surface area contributed by atoms with Crippen molar-refractivity contribution in [3.63, 3.8) is 0 Å². The van der Waals surface area contributed by atoms with Gasteiger partial charge in [-0.1, -0.05) is 13.8 Å². The van der Waals surface area contributed by atoms with Crippen LogP contribution in [-0.4, -0.2) is 36.1 Å². The minimum absolute atomic E-state index is 0. The Morgan fingerprint density at radius 3 is 1.43 bits per heavy atom. The Labute approximate surface area is 72.2 Å². The van der Waals surface area contributed by atoms with Crippen LogP contribution in [0, 0.1) is 0 Å². The third-order valence-corrected chi connectivity index (χ3v) is 0.447. The van der Waals surface area contributed by atoms with Crippen molar-refractivity contribution in [2.45, 2.75) is 13.8 Å². The van der Waals surface area contributed by atoms with Gasteiger partial charge in [0.25, 0.3) is 0 Å². The fraction of sp³-hybridized carbons (Fsp3) is 1.00. The summed E-state index contributed by atoms with van der Waals surface area (Å²) >= 11 is 0. The molecule has 3 heteroatoms. The minimum atomic E-state index is 0. The van der Waals surface area contributed by atoms with E-state index in [2.05, 4.69) is 5.32 Å². The number of hydrogen-bond donors (Lipinski definition) is 0. The summed E-state index contributed by atoms with van der Waals surface area (Å²) in [7, 11) is 0. The summed E-state index contributed by atoms with van der Waals surface area (Å²) in [6, 6.07) is 0. The summed E-state index contributed by atoms with van der Waals surface area (Å²) in [6.45, 7) is 6.03. The summed E-state index contributed by atoms with van der Waals surface area (Å²) < 4.78 is 0. The molecule has 0 aliphatic heterocycles. The predicted octanol–water partition coefficient (Wildman–Crippen LogP) is -1.98. The van der Waals surface area contributed by atoms with Gasteiger partial charge in [0.05, 0.1) is 0 Å². The summed E-state index contributed by atoms with van der Waals surface area (Å²) in [5.74, 6) is 0. The van der Waals surface area contributed by atoms with E-state index in [1.54, 1.807) is 0 Å². The Bertz CT molecular complexity index is 19.2. The van der Waals surface area contributed by atoms with Crippen LogP contribution in [0.4, 0.5) is 0 Å². The van der Waals surface area contributed by atoms with Gasteiger partial charge in [0, 0.05) is 0 Å². The van der Waals surface area contributed by atoms with Crippen molar-refractivity contribution in [3.05, 3.63) is 5.32 Å². The number of nitrogens with zero attached hydrogens (tertiary/aromatic N) is 1. The van der Waals surface area contributed by atoms with E-state index >= 15 is 0 Å². The van der Waals surface area contributed by atoms with Crippen molar-refractivity contribution in [3.8, 4) is 0 Å². The fourth-order valence-electron chi connectivity index (χ4n) is 0.224. The van der Waals surface area contributed by atoms with Gasteiger partial charge in [-0.25, -0.2) is 0 Å². The molecule has 0 heterocycles. The number of halogens is 1. The first kappa shape index (κ1) is 15.7. The molecule has 0 bridgehead atoms. The monoisotopic (exact) mass is 175 g/mol. The van der Waals surface area contributed by atoms with Gasteiger partial charge >= 0.3 is 23.1 Å². The van der Waals surface area contributed by atoms with Gasteiger partial charge in [-0.05, 0) is 0 Å². The van der Waals surface area contributed by atoms with E-state index in [4.69, 9.17) is 0 Å². The smallest absolute Gasteiger partial charge is 1.00 e. The molecule has 0 spiro atoms. The topological polar surface area (TPSA) is 14.1 Å². The molecule has 7 heavy (non-hydrogen) atoms. The molecular weight excluding hydrogens is 166 g/mol. The molecule has 0 unspecified atom stereocenters. The standard InChI is InChI=1S/C4H10N.BrH.Mg/c1-3-5-4-2;;/h3-4H2,1-2H3;1H;/q-1;;+2/p-1. The Hall–Kier alpha value is 1.21. The second kappa shape index (κ2) is 15.7. The van der Waals surface area contributed by atoms with Crippen molar-refractivity contribution in [2.24, 2.45) is 0 Å². The molecule has 0 aromatic rings. The van der Waals surface area contributed by atoms with E-state index < -0.39 is 0 Å². The molecule has 0 saturated carbocycles. The van der Waals surface area contributed by atoms with Crippen molar-refractivity contribution in [1.82, 2.24) is 0 Å². The van der Waals surface area contributed by atoms with Crippen LogP contribution in [0.25, 0.3) is 5.32 Å². The number of hydrogen-bond acceptors (Lipinski definition) is 0. The largest absolute Gasteiger partial charge is 2.00 e. The summed E-state index contributed by atoms with van der Waals surface area (Å²) in [5.41, 5.74) is 0. The van der Waals surface area contributed by atoms with E-state index in [9.17, 15) is 0 Å². The van der Waals surface area contributed by atoms with Crippen LogP contribution in [0.5, 0.6) is 0 Å². The second-order valence-electron chi connectivity index (χ2n) is 0.856. The maximum absolute atomic E-state index is 3.97. The Morgan fingerprint density at radius 2 is 1.43 bits per heavy atom. The van der Waals surface area contributed by atoms with Crippen LogP contribution >= 0.6 is 0 Å². The molecule has 40 valence electrons. The molecule has 0 amide bonds. The van der Waals surface area contributed by atoms with Crippen LogP contribution < -0.4 is 17.0 Å². The van der Waals surface area contributed by atoms with E-state index in [0.717, 1.165) is 13.1 Å². The quantitative estimate of drug-likeness (QED) is 0.433. The van der Waals surface area contributed by atoms with E-state index in [0.29, 0.717) is 0 Å². The van der Waals surface area contributed by atoms with Gasteiger partial charge in [0.15, 0.2) is 0 Å². The Morgan fingerprint density at radius 1 is 1.14 bits per heavy atom. The molecule has 0 atom stereocenters. The van der Waals surface area contributed by atoms with Crippen LogP contribution in [-0.2, 0) is 0 Å². The van der Waals surface area contributed by atoms with E-state index in [1.165, 1.54) is 0 Å². The average Bonchev–Trinajstić information content (AvgIpc) is 1.41. The maximum atomic E-state index is 3.97. The first-order chi connectivity index (χ1) is 2.41. The van der Waals surface area contributed by atoms with Crippen LogP contribution in [0.15, 0.2) is 0 Å². The Kier molecular flexibility index (Phi) is 35.2. The van der Waals surface area contributed by atoms with Gasteiger partial charge in [-0.3, -0.25) is 0 Å². The Balaban J connectivity index is -0.0000000800. The van der Waals surface area contributed by atoms with Crippen LogP contribution in [0.2, 0.25) is 0 Å². The zero-order chi connectivity index (χ0) is 4.12. The van der Waals surface area contributed by atoms with Crippen molar-refractivity contribution in [1.29, 1.82) is 0 Å². The molecule has 0 rings (SSSR count). The van der Waals surface area contributed by atoms with Crippen molar-refractivity contribution >= 4 is 23.1 Å². The van der Waals surface area contributed by atoms with Gasteiger partial charge in [-0.15, -0.1) is 0 Å². The average molecular weight is 176 g/mol. The van der Waals surface area contributed by atoms with Crippen LogP contribution in [0.3, 0.4) is 0 Å². The summed E-state index contributed by atoms with van der Waals surface area (Å²) in [5, 5.41) is 3.97. The third kappa shape index (κ3) is 19.0. The summed E-state index contributed by atoms with van der Waals surface area (Å²) in [4.78, 5) is 0. The molecule has 0 saturated heterocycles. The molecule has 0 aliphatic carbocycles. The number of rotatable bonds is 2. The normalized spacial score (nSPS) is 6.00. The third-order valence-electron chi connectivity index (χ3n) is 0.447. The molecular formula is C4H10BrMgN. The molecule has 0 aliphatic rings. The van der Waals surface area contributed by atoms with Gasteiger partial charge in [-0.2, -0.15) is 13.1 Å². The van der Waals surface area contributed by atoms with Gasteiger partial charge in [0.2, 0.25) is 0 Å². The minimum Gasteiger partial charge on any atom is -1.00 e. The van der Waals surface area contributed by atoms with E-state index in [-0.39, 0.29) is 40.0 Å². The van der Waals surface area contributed by atoms with Gasteiger partial charge in [0.1, 0.15) is 0 Å². The van der Waals surface area contributed by atoms with E-state index in [1.807, 2.05) is 13.8 Å². The van der Waals surface area contributed by atoms with Crippen molar-refractivity contribution < 1.29 is 17.0 Å². The van der Waals surface area contributed by atoms with Crippen molar-refractivity contribution in [2.75, 3.05) is 13.1 Å². The fourth-order valence-corrected chi connectivity index (χ4v) is 0.224. The summed E-state index contributed by atoms with van der Waals surface area (Å²) in [6.07, 6.45) is 0. The maximum Gasteiger partial charge on any atom is 2.00 e. The molecule has 0 N–H and O–H groups in total. The first-order valence-electron chi connectivity index (χ1n) is 2.05. The first-order valence-corrected chi connectivity index (χ1v) is 2.05. The molecule has 1 nitrogen and oxygen atoms in total. The van der Waals surface area contributed by atoms with Crippen LogP contribution in [0.1, 0.15) is 13.8 Å². The second-order valence-corrected chi connectivity index (χ2v) is 0.856. The molecule has 0 fully saturated rings. The zero-order valence-corrected chi connectivity index (χ0v) is 7.95. The molecule has 0 aromatic carbocycles.